The Hall–Kier alpha value is -2.89. The first-order chi connectivity index (χ1) is 11.5. The average molecular weight is 331 g/mol. The summed E-state index contributed by atoms with van der Waals surface area (Å²) in [4.78, 5) is 13.2. The van der Waals surface area contributed by atoms with Gasteiger partial charge in [-0.3, -0.25) is 4.79 Å². The highest BCUT2D eigenvalue weighted by atomic mass is 16.5. The number of nitrogen functional groups attached to an aromatic ring is 1. The maximum absolute atomic E-state index is 13.2. The molecule has 0 aliphatic carbocycles. The maximum atomic E-state index is 13.2. The summed E-state index contributed by atoms with van der Waals surface area (Å²) in [6, 6.07) is 6.70. The van der Waals surface area contributed by atoms with Gasteiger partial charge in [-0.2, -0.15) is 0 Å². The first kappa shape index (κ1) is 17.5. The van der Waals surface area contributed by atoms with Crippen molar-refractivity contribution in [2.75, 3.05) is 34.2 Å². The topological polar surface area (TPSA) is 80.0 Å². The van der Waals surface area contributed by atoms with E-state index in [2.05, 4.69) is 0 Å². The van der Waals surface area contributed by atoms with Gasteiger partial charge >= 0.3 is 0 Å². The number of ether oxygens (including phenoxy) is 4. The SMILES string of the molecule is COc1cc(C)c(OC)c(C(=O)c2c(OC)ccc(OC)c2N)c1. The van der Waals surface area contributed by atoms with Gasteiger partial charge in [0.25, 0.3) is 0 Å². The van der Waals surface area contributed by atoms with Crippen LogP contribution in [0.5, 0.6) is 23.0 Å². The van der Waals surface area contributed by atoms with E-state index in [4.69, 9.17) is 24.7 Å². The standard InChI is InChI=1S/C18H21NO5/c1-10-8-11(21-2)9-12(18(10)24-5)17(20)15-13(22-3)6-7-14(23-4)16(15)19/h6-9H,19H2,1-5H3. The Kier molecular flexibility index (Phi) is 5.18. The van der Waals surface area contributed by atoms with E-state index in [9.17, 15) is 4.79 Å². The van der Waals surface area contributed by atoms with Crippen molar-refractivity contribution in [2.24, 2.45) is 0 Å². The zero-order valence-corrected chi connectivity index (χ0v) is 14.4. The normalized spacial score (nSPS) is 10.2. The van der Waals surface area contributed by atoms with Crippen LogP contribution in [0.25, 0.3) is 0 Å². The quantitative estimate of drug-likeness (QED) is 0.647. The summed E-state index contributed by atoms with van der Waals surface area (Å²) < 4.78 is 21.2. The summed E-state index contributed by atoms with van der Waals surface area (Å²) in [5.41, 5.74) is 7.67. The number of hydrogen-bond acceptors (Lipinski definition) is 6. The Balaban J connectivity index is 2.71. The summed E-state index contributed by atoms with van der Waals surface area (Å²) in [5, 5.41) is 0. The van der Waals surface area contributed by atoms with Crippen LogP contribution in [0.15, 0.2) is 24.3 Å². The fourth-order valence-corrected chi connectivity index (χ4v) is 2.60. The van der Waals surface area contributed by atoms with Crippen LogP contribution in [0.4, 0.5) is 5.69 Å². The number of ketones is 1. The third-order valence-electron chi connectivity index (χ3n) is 3.77. The Morgan fingerprint density at radius 2 is 1.54 bits per heavy atom. The van der Waals surface area contributed by atoms with E-state index in [1.807, 2.05) is 6.92 Å². The molecular weight excluding hydrogens is 310 g/mol. The molecule has 0 unspecified atom stereocenters. The van der Waals surface area contributed by atoms with Crippen molar-refractivity contribution < 1.29 is 23.7 Å². The van der Waals surface area contributed by atoms with Crippen LogP contribution in [0.2, 0.25) is 0 Å². The highest BCUT2D eigenvalue weighted by Crippen LogP contribution is 2.38. The molecule has 0 fully saturated rings. The molecule has 2 aromatic rings. The zero-order valence-electron chi connectivity index (χ0n) is 14.4. The number of rotatable bonds is 6. The van der Waals surface area contributed by atoms with Gasteiger partial charge in [-0.15, -0.1) is 0 Å². The molecule has 6 nitrogen and oxygen atoms in total. The van der Waals surface area contributed by atoms with Crippen LogP contribution in [-0.2, 0) is 0 Å². The van der Waals surface area contributed by atoms with Crippen LogP contribution in [0.1, 0.15) is 21.5 Å². The van der Waals surface area contributed by atoms with Crippen LogP contribution in [0, 0.1) is 6.92 Å². The summed E-state index contributed by atoms with van der Waals surface area (Å²) >= 11 is 0. The van der Waals surface area contributed by atoms with Gasteiger partial charge in [0.1, 0.15) is 23.0 Å². The third kappa shape index (κ3) is 2.95. The lowest BCUT2D eigenvalue weighted by atomic mass is 9.97. The molecule has 0 saturated heterocycles. The Labute approximate surface area is 141 Å². The summed E-state index contributed by atoms with van der Waals surface area (Å²) in [7, 11) is 6.02. The number of anilines is 1. The molecule has 6 heteroatoms. The van der Waals surface area contributed by atoms with Crippen molar-refractivity contribution in [3.8, 4) is 23.0 Å². The van der Waals surface area contributed by atoms with Crippen molar-refractivity contribution in [3.63, 3.8) is 0 Å². The van der Waals surface area contributed by atoms with Crippen LogP contribution < -0.4 is 24.7 Å². The molecule has 24 heavy (non-hydrogen) atoms. The molecule has 0 heterocycles. The fraction of sp³-hybridized carbons (Fsp3) is 0.278. The maximum Gasteiger partial charge on any atom is 0.202 e. The lowest BCUT2D eigenvalue weighted by Crippen LogP contribution is -2.11. The van der Waals surface area contributed by atoms with Crippen molar-refractivity contribution in [1.82, 2.24) is 0 Å². The second kappa shape index (κ2) is 7.12. The zero-order chi connectivity index (χ0) is 17.9. The molecule has 2 aromatic carbocycles. The molecule has 0 radical (unpaired) electrons. The van der Waals surface area contributed by atoms with E-state index in [-0.39, 0.29) is 17.0 Å². The number of benzene rings is 2. The Morgan fingerprint density at radius 1 is 0.917 bits per heavy atom. The number of hydrogen-bond donors (Lipinski definition) is 1. The van der Waals surface area contributed by atoms with Crippen molar-refractivity contribution >= 4 is 11.5 Å². The highest BCUT2D eigenvalue weighted by Gasteiger charge is 2.25. The second-order valence-corrected chi connectivity index (χ2v) is 5.11. The van der Waals surface area contributed by atoms with Gasteiger partial charge in [-0.25, -0.2) is 0 Å². The Morgan fingerprint density at radius 3 is 2.08 bits per heavy atom. The molecule has 0 bridgehead atoms. The lowest BCUT2D eigenvalue weighted by molar-refractivity contribution is 0.103. The minimum atomic E-state index is -0.331. The van der Waals surface area contributed by atoms with Gasteiger partial charge in [-0.1, -0.05) is 0 Å². The second-order valence-electron chi connectivity index (χ2n) is 5.11. The van der Waals surface area contributed by atoms with E-state index in [1.54, 1.807) is 24.3 Å². The van der Waals surface area contributed by atoms with Crippen LogP contribution in [0.3, 0.4) is 0 Å². The fourth-order valence-electron chi connectivity index (χ4n) is 2.60. The third-order valence-corrected chi connectivity index (χ3v) is 3.77. The molecule has 128 valence electrons. The van der Waals surface area contributed by atoms with Crippen LogP contribution in [-0.4, -0.2) is 34.2 Å². The molecule has 2 rings (SSSR count). The molecule has 0 saturated carbocycles. The molecule has 2 N–H and O–H groups in total. The van der Waals surface area contributed by atoms with Crippen molar-refractivity contribution in [3.05, 3.63) is 41.0 Å². The molecular formula is C18H21NO5. The van der Waals surface area contributed by atoms with Gasteiger partial charge < -0.3 is 24.7 Å². The lowest BCUT2D eigenvalue weighted by Gasteiger charge is -2.16. The van der Waals surface area contributed by atoms with Crippen molar-refractivity contribution in [2.45, 2.75) is 6.92 Å². The molecule has 0 aliphatic heterocycles. The molecule has 0 aliphatic rings. The summed E-state index contributed by atoms with van der Waals surface area (Å²) in [6.07, 6.45) is 0. The molecule has 0 atom stereocenters. The van der Waals surface area contributed by atoms with Crippen LogP contribution >= 0.6 is 0 Å². The number of carbonyl (C=O) groups excluding carboxylic acids is 1. The summed E-state index contributed by atoms with van der Waals surface area (Å²) in [5.74, 6) is 1.45. The number of aryl methyl sites for hydroxylation is 1. The number of nitrogens with two attached hydrogens (primary N) is 1. The minimum Gasteiger partial charge on any atom is -0.497 e. The molecule has 0 spiro atoms. The largest absolute Gasteiger partial charge is 0.497 e. The number of carbonyl (C=O) groups is 1. The van der Waals surface area contributed by atoms with E-state index < -0.39 is 0 Å². The first-order valence-electron chi connectivity index (χ1n) is 7.26. The highest BCUT2D eigenvalue weighted by molar-refractivity contribution is 6.16. The first-order valence-corrected chi connectivity index (χ1v) is 7.26. The van der Waals surface area contributed by atoms with E-state index in [1.165, 1.54) is 28.4 Å². The predicted octanol–water partition coefficient (Wildman–Crippen LogP) is 2.84. The molecule has 0 aromatic heterocycles. The monoisotopic (exact) mass is 331 g/mol. The average Bonchev–Trinajstić information content (AvgIpc) is 2.59. The van der Waals surface area contributed by atoms with E-state index in [0.717, 1.165) is 5.56 Å². The summed E-state index contributed by atoms with van der Waals surface area (Å²) in [6.45, 7) is 1.84. The van der Waals surface area contributed by atoms with Gasteiger partial charge in [0.05, 0.1) is 45.3 Å². The smallest absolute Gasteiger partial charge is 0.202 e. The predicted molar refractivity (Wildman–Crippen MR) is 91.7 cm³/mol. The number of methoxy groups -OCH3 is 4. The van der Waals surface area contributed by atoms with Gasteiger partial charge in [0.15, 0.2) is 0 Å². The van der Waals surface area contributed by atoms with Gasteiger partial charge in [0, 0.05) is 0 Å². The minimum absolute atomic E-state index is 0.212. The Bertz CT molecular complexity index is 770. The molecule has 0 amide bonds. The van der Waals surface area contributed by atoms with Gasteiger partial charge in [-0.05, 0) is 36.8 Å². The van der Waals surface area contributed by atoms with Crippen molar-refractivity contribution in [1.29, 1.82) is 0 Å². The van der Waals surface area contributed by atoms with E-state index in [0.29, 0.717) is 28.6 Å². The van der Waals surface area contributed by atoms with E-state index >= 15 is 0 Å². The van der Waals surface area contributed by atoms with Gasteiger partial charge in [0.2, 0.25) is 5.78 Å².